The van der Waals surface area contributed by atoms with Gasteiger partial charge in [-0.2, -0.15) is 0 Å². The van der Waals surface area contributed by atoms with Gasteiger partial charge in [0.1, 0.15) is 11.2 Å². The third kappa shape index (κ3) is 2.03. The molecule has 0 amide bonds. The summed E-state index contributed by atoms with van der Waals surface area (Å²) < 4.78 is 11.7. The van der Waals surface area contributed by atoms with Crippen molar-refractivity contribution in [2.45, 2.75) is 0 Å². The lowest BCUT2D eigenvalue weighted by atomic mass is 9.45. The molecule has 0 atom stereocenters. The van der Waals surface area contributed by atoms with E-state index in [1.54, 1.807) is 0 Å². The number of fused-ring (bicyclic) bond motifs is 15. The Bertz CT molecular complexity index is 2610. The van der Waals surface area contributed by atoms with Crippen LogP contribution < -0.4 is 10.9 Å². The fraction of sp³-hybridized carbons (Fsp3) is 0. The van der Waals surface area contributed by atoms with Gasteiger partial charge in [0, 0.05) is 54.6 Å². The topological polar surface area (TPSA) is 23.0 Å². The molecule has 0 unspecified atom stereocenters. The zero-order chi connectivity index (χ0) is 25.7. The zero-order valence-electron chi connectivity index (χ0n) is 21.3. The molecule has 9 aromatic rings. The minimum atomic E-state index is 0.0726. The van der Waals surface area contributed by atoms with E-state index in [0.717, 1.165) is 11.2 Å². The van der Waals surface area contributed by atoms with Gasteiger partial charge in [0.25, 0.3) is 0 Å². The molecule has 0 radical (unpaired) electrons. The highest BCUT2D eigenvalue weighted by Crippen LogP contribution is 2.46. The average molecular weight is 506 g/mol. The summed E-state index contributed by atoms with van der Waals surface area (Å²) in [6.07, 6.45) is 0. The second-order valence-corrected chi connectivity index (χ2v) is 11.2. The third-order valence-electron chi connectivity index (χ3n) is 9.50. The molecule has 0 saturated heterocycles. The minimum Gasteiger partial charge on any atom is -0.455 e. The molecule has 3 aromatic heterocycles. The summed E-state index contributed by atoms with van der Waals surface area (Å²) in [5.41, 5.74) is 13.7. The van der Waals surface area contributed by atoms with Crippen LogP contribution in [0.3, 0.4) is 0 Å². The van der Waals surface area contributed by atoms with Crippen molar-refractivity contribution >= 4 is 83.3 Å². The van der Waals surface area contributed by atoms with Crippen LogP contribution in [0.5, 0.6) is 0 Å². The van der Waals surface area contributed by atoms with Gasteiger partial charge in [0.05, 0.1) is 11.0 Å². The van der Waals surface area contributed by atoms with Gasteiger partial charge in [-0.25, -0.2) is 0 Å². The van der Waals surface area contributed by atoms with Crippen molar-refractivity contribution in [1.29, 1.82) is 0 Å². The summed E-state index contributed by atoms with van der Waals surface area (Å²) in [5, 5.41) is 7.44. The maximum absolute atomic E-state index is 6.61. The van der Waals surface area contributed by atoms with Crippen molar-refractivity contribution in [2.24, 2.45) is 0 Å². The third-order valence-corrected chi connectivity index (χ3v) is 9.50. The normalized spacial score (nSPS) is 13.4. The quantitative estimate of drug-likeness (QED) is 0.193. The number of aromatic nitrogens is 2. The molecule has 5 heterocycles. The molecule has 40 heavy (non-hydrogen) atoms. The van der Waals surface area contributed by atoms with Crippen LogP contribution in [0.4, 0.5) is 0 Å². The average Bonchev–Trinajstić information content (AvgIpc) is 3.67. The first-order valence-electron chi connectivity index (χ1n) is 13.9. The maximum Gasteiger partial charge on any atom is 0.333 e. The lowest BCUT2D eigenvalue weighted by Gasteiger charge is -2.33. The van der Waals surface area contributed by atoms with Gasteiger partial charge in [0.15, 0.2) is 0 Å². The Morgan fingerprint density at radius 3 is 2.30 bits per heavy atom. The molecule has 0 spiro atoms. The van der Waals surface area contributed by atoms with Crippen LogP contribution in [0.15, 0.2) is 120 Å². The number of hydrogen-bond acceptors (Lipinski definition) is 1. The van der Waals surface area contributed by atoms with Crippen LogP contribution in [-0.2, 0) is 0 Å². The smallest absolute Gasteiger partial charge is 0.333 e. The van der Waals surface area contributed by atoms with Crippen LogP contribution in [0.1, 0.15) is 0 Å². The number of benzene rings is 6. The summed E-state index contributed by atoms with van der Waals surface area (Å²) in [5.74, 6) is 0. The van der Waals surface area contributed by atoms with Crippen LogP contribution >= 0.6 is 0 Å². The second-order valence-electron chi connectivity index (χ2n) is 11.2. The molecule has 0 N–H and O–H groups in total. The lowest BCUT2D eigenvalue weighted by molar-refractivity contribution is 0.673. The monoisotopic (exact) mass is 506 g/mol. The number of nitrogens with zero attached hydrogens (tertiary/aromatic N) is 2. The highest BCUT2D eigenvalue weighted by molar-refractivity contribution is 6.90. The van der Waals surface area contributed by atoms with E-state index in [4.69, 9.17) is 4.42 Å². The van der Waals surface area contributed by atoms with Gasteiger partial charge in [-0.15, -0.1) is 0 Å². The van der Waals surface area contributed by atoms with Gasteiger partial charge in [0.2, 0.25) is 0 Å². The Morgan fingerprint density at radius 1 is 0.525 bits per heavy atom. The predicted molar refractivity (Wildman–Crippen MR) is 167 cm³/mol. The van der Waals surface area contributed by atoms with Crippen LogP contribution in [-0.4, -0.2) is 15.9 Å². The molecular formula is C36H19BN2O. The summed E-state index contributed by atoms with van der Waals surface area (Å²) in [6.45, 7) is 0.0726. The van der Waals surface area contributed by atoms with Crippen molar-refractivity contribution in [2.75, 3.05) is 0 Å². The lowest BCUT2D eigenvalue weighted by Crippen LogP contribution is -2.55. The van der Waals surface area contributed by atoms with Crippen molar-refractivity contribution in [3.8, 4) is 16.8 Å². The van der Waals surface area contributed by atoms with E-state index in [2.05, 4.69) is 124 Å². The molecule has 4 heteroatoms. The van der Waals surface area contributed by atoms with E-state index in [9.17, 15) is 0 Å². The minimum absolute atomic E-state index is 0.0726. The molecule has 2 aliphatic rings. The fourth-order valence-electron chi connectivity index (χ4n) is 8.04. The Morgan fingerprint density at radius 2 is 1.32 bits per heavy atom. The Kier molecular flexibility index (Phi) is 3.21. The summed E-state index contributed by atoms with van der Waals surface area (Å²) in [7, 11) is 0. The maximum atomic E-state index is 6.61. The largest absolute Gasteiger partial charge is 0.455 e. The fourth-order valence-corrected chi connectivity index (χ4v) is 8.04. The van der Waals surface area contributed by atoms with Gasteiger partial charge >= 0.3 is 6.85 Å². The highest BCUT2D eigenvalue weighted by atomic mass is 16.3. The summed E-state index contributed by atoms with van der Waals surface area (Å²) in [6, 6.07) is 42.3. The van der Waals surface area contributed by atoms with Crippen molar-refractivity contribution in [3.05, 3.63) is 115 Å². The number of hydrogen-bond donors (Lipinski definition) is 0. The highest BCUT2D eigenvalue weighted by Gasteiger charge is 2.41. The zero-order valence-corrected chi connectivity index (χ0v) is 21.3. The molecular weight excluding hydrogens is 487 g/mol. The molecule has 182 valence electrons. The van der Waals surface area contributed by atoms with E-state index in [-0.39, 0.29) is 6.85 Å². The summed E-state index contributed by atoms with van der Waals surface area (Å²) >= 11 is 0. The second kappa shape index (κ2) is 6.49. The van der Waals surface area contributed by atoms with Crippen molar-refractivity contribution in [1.82, 2.24) is 9.05 Å². The summed E-state index contributed by atoms with van der Waals surface area (Å²) in [4.78, 5) is 0. The van der Waals surface area contributed by atoms with E-state index in [0.29, 0.717) is 0 Å². The molecule has 3 nitrogen and oxygen atoms in total. The van der Waals surface area contributed by atoms with Gasteiger partial charge < -0.3 is 13.5 Å². The standard InChI is InChI=1S/C36H19BN2O/c1-4-13-28-20(8-1)24-17-16-22-23-10-7-11-26-32-30(19-18-25-21-9-2-6-15-31(21)40-36(25)32)39(34(23)26)37-27-12-3-5-14-29(27)38(28)35(24)33(22)37/h1-19H. The first-order valence-corrected chi connectivity index (χ1v) is 13.9. The van der Waals surface area contributed by atoms with Crippen molar-refractivity contribution in [3.63, 3.8) is 0 Å². The molecule has 0 aliphatic carbocycles. The van der Waals surface area contributed by atoms with Crippen LogP contribution in [0.25, 0.3) is 82.4 Å². The Balaban J connectivity index is 1.41. The van der Waals surface area contributed by atoms with Gasteiger partial charge in [-0.05, 0) is 46.8 Å². The van der Waals surface area contributed by atoms with E-state index >= 15 is 0 Å². The number of furan rings is 1. The van der Waals surface area contributed by atoms with E-state index in [1.807, 2.05) is 0 Å². The molecule has 6 aromatic carbocycles. The van der Waals surface area contributed by atoms with Gasteiger partial charge in [-0.1, -0.05) is 84.9 Å². The number of rotatable bonds is 0. The Hall–Kier alpha value is -5.22. The molecule has 2 aliphatic heterocycles. The molecule has 0 saturated carbocycles. The van der Waals surface area contributed by atoms with Crippen molar-refractivity contribution < 1.29 is 4.42 Å². The predicted octanol–water partition coefficient (Wildman–Crippen LogP) is 7.74. The molecule has 11 rings (SSSR count). The Labute approximate surface area is 228 Å². The van der Waals surface area contributed by atoms with Crippen LogP contribution in [0, 0.1) is 0 Å². The first-order chi connectivity index (χ1) is 19.9. The molecule has 0 fully saturated rings. The van der Waals surface area contributed by atoms with Gasteiger partial charge in [-0.3, -0.25) is 0 Å². The van der Waals surface area contributed by atoms with Crippen LogP contribution in [0.2, 0.25) is 0 Å². The van der Waals surface area contributed by atoms with E-state index in [1.165, 1.54) is 82.1 Å². The van der Waals surface area contributed by atoms with E-state index < -0.39 is 0 Å². The molecule has 0 bridgehead atoms. The SMILES string of the molecule is c1ccc2c(c1)B1c3c(ccc4c5ccccc5n-2c34)-c2cccc3c4c5oc6ccccc6c5ccc4n1c23. The number of para-hydroxylation sites is 4. The first kappa shape index (κ1) is 19.8.